The van der Waals surface area contributed by atoms with Gasteiger partial charge in [-0.15, -0.1) is 11.3 Å². The summed E-state index contributed by atoms with van der Waals surface area (Å²) in [5.74, 6) is 0. The summed E-state index contributed by atoms with van der Waals surface area (Å²) in [4.78, 5) is 11.1. The Bertz CT molecular complexity index is 1000. The smallest absolute Gasteiger partial charge is 0.269 e. The molecule has 0 amide bonds. The topological polar surface area (TPSA) is 63.4 Å². The predicted octanol–water partition coefficient (Wildman–Crippen LogP) is 5.04. The molecule has 0 saturated carbocycles. The number of non-ortho nitro benzene ring substituents is 1. The maximum absolute atomic E-state index is 10.7. The van der Waals surface area contributed by atoms with Gasteiger partial charge in [0.05, 0.1) is 4.92 Å². The Morgan fingerprint density at radius 1 is 0.917 bits per heavy atom. The largest absolute Gasteiger partial charge is 0.383 e. The van der Waals surface area contributed by atoms with Crippen LogP contribution in [-0.4, -0.2) is 10.0 Å². The van der Waals surface area contributed by atoms with Gasteiger partial charge in [-0.3, -0.25) is 10.1 Å². The van der Waals surface area contributed by atoms with Crippen molar-refractivity contribution in [2.24, 2.45) is 0 Å². The minimum Gasteiger partial charge on any atom is -0.383 e. The van der Waals surface area contributed by atoms with Gasteiger partial charge in [0, 0.05) is 21.7 Å². The molecular weight excluding hydrogens is 322 g/mol. The van der Waals surface area contributed by atoms with E-state index in [-0.39, 0.29) is 5.69 Å². The van der Waals surface area contributed by atoms with E-state index in [0.29, 0.717) is 5.56 Å². The van der Waals surface area contributed by atoms with Gasteiger partial charge in [-0.1, -0.05) is 24.3 Å². The summed E-state index contributed by atoms with van der Waals surface area (Å²) in [6, 6.07) is 20.4. The van der Waals surface area contributed by atoms with Gasteiger partial charge in [-0.2, -0.15) is 0 Å². The molecule has 4 nitrogen and oxygen atoms in total. The van der Waals surface area contributed by atoms with E-state index in [9.17, 15) is 15.2 Å². The molecule has 1 N–H and O–H groups in total. The monoisotopic (exact) mass is 335 g/mol. The van der Waals surface area contributed by atoms with Gasteiger partial charge in [0.1, 0.15) is 6.10 Å². The van der Waals surface area contributed by atoms with Crippen LogP contribution in [0.2, 0.25) is 0 Å². The number of nitro benzene ring substituents is 1. The Kier molecular flexibility index (Phi) is 3.52. The number of benzene rings is 3. The number of aliphatic hydroxyl groups is 1. The molecule has 3 aromatic carbocycles. The first kappa shape index (κ1) is 14.8. The van der Waals surface area contributed by atoms with Crippen molar-refractivity contribution in [3.05, 3.63) is 87.3 Å². The molecule has 5 heteroatoms. The van der Waals surface area contributed by atoms with Crippen LogP contribution in [-0.2, 0) is 0 Å². The number of hydrogen-bond acceptors (Lipinski definition) is 4. The summed E-state index contributed by atoms with van der Waals surface area (Å²) >= 11 is 1.54. The molecule has 0 spiro atoms. The summed E-state index contributed by atoms with van der Waals surface area (Å²) in [5, 5.41) is 24.8. The van der Waals surface area contributed by atoms with Crippen molar-refractivity contribution in [2.45, 2.75) is 6.10 Å². The second kappa shape index (κ2) is 5.70. The van der Waals surface area contributed by atoms with E-state index in [0.717, 1.165) is 15.0 Å². The van der Waals surface area contributed by atoms with E-state index in [1.807, 2.05) is 18.2 Å². The first-order chi connectivity index (χ1) is 11.6. The van der Waals surface area contributed by atoms with Gasteiger partial charge in [0.25, 0.3) is 5.69 Å². The molecule has 0 unspecified atom stereocenters. The maximum atomic E-state index is 10.7. The first-order valence-electron chi connectivity index (χ1n) is 7.46. The molecule has 118 valence electrons. The number of rotatable bonds is 3. The second-order valence-electron chi connectivity index (χ2n) is 5.64. The molecule has 0 aliphatic heterocycles. The molecule has 0 radical (unpaired) electrons. The van der Waals surface area contributed by atoms with E-state index in [1.165, 1.54) is 22.9 Å². The number of nitro groups is 1. The molecular formula is C19H13NO3S. The lowest BCUT2D eigenvalue weighted by atomic mass is 10.1. The van der Waals surface area contributed by atoms with E-state index in [2.05, 4.69) is 24.3 Å². The normalized spacial score (nSPS) is 12.5. The SMILES string of the molecule is O=[N+]([O-])c1ccc([C@@H](O)c2cc3cc4ccccc4cc3s2)cc1. The fourth-order valence-electron chi connectivity index (χ4n) is 2.83. The van der Waals surface area contributed by atoms with Crippen LogP contribution in [0.3, 0.4) is 0 Å². The highest BCUT2D eigenvalue weighted by Gasteiger charge is 2.15. The number of fused-ring (bicyclic) bond motifs is 2. The molecule has 1 heterocycles. The van der Waals surface area contributed by atoms with Crippen LogP contribution in [0.5, 0.6) is 0 Å². The minimum atomic E-state index is -0.786. The first-order valence-corrected chi connectivity index (χ1v) is 8.28. The molecule has 0 fully saturated rings. The zero-order chi connectivity index (χ0) is 16.7. The van der Waals surface area contributed by atoms with Crippen LogP contribution in [0, 0.1) is 10.1 Å². The molecule has 4 aromatic rings. The number of nitrogens with zero attached hydrogens (tertiary/aromatic N) is 1. The summed E-state index contributed by atoms with van der Waals surface area (Å²) in [5.41, 5.74) is 0.672. The van der Waals surface area contributed by atoms with Gasteiger partial charge in [-0.25, -0.2) is 0 Å². The van der Waals surface area contributed by atoms with Gasteiger partial charge < -0.3 is 5.11 Å². The predicted molar refractivity (Wildman–Crippen MR) is 96.5 cm³/mol. The van der Waals surface area contributed by atoms with Crippen molar-refractivity contribution in [2.75, 3.05) is 0 Å². The molecule has 24 heavy (non-hydrogen) atoms. The van der Waals surface area contributed by atoms with Gasteiger partial charge in [-0.05, 0) is 52.1 Å². The van der Waals surface area contributed by atoms with Crippen LogP contribution in [0.15, 0.2) is 66.7 Å². The summed E-state index contributed by atoms with van der Waals surface area (Å²) in [6.07, 6.45) is -0.786. The fraction of sp³-hybridized carbons (Fsp3) is 0.0526. The van der Waals surface area contributed by atoms with Crippen molar-refractivity contribution in [1.82, 2.24) is 0 Å². The molecule has 1 aromatic heterocycles. The molecule has 0 aliphatic carbocycles. The third kappa shape index (κ3) is 2.54. The van der Waals surface area contributed by atoms with Crippen LogP contribution < -0.4 is 0 Å². The summed E-state index contributed by atoms with van der Waals surface area (Å²) < 4.78 is 1.12. The van der Waals surface area contributed by atoms with E-state index >= 15 is 0 Å². The highest BCUT2D eigenvalue weighted by atomic mass is 32.1. The number of aliphatic hydroxyl groups excluding tert-OH is 1. The van der Waals surface area contributed by atoms with Crippen molar-refractivity contribution >= 4 is 37.9 Å². The Balaban J connectivity index is 1.74. The van der Waals surface area contributed by atoms with Gasteiger partial charge in [0.2, 0.25) is 0 Å². The molecule has 1 atom stereocenters. The van der Waals surface area contributed by atoms with Crippen LogP contribution in [0.4, 0.5) is 5.69 Å². The van der Waals surface area contributed by atoms with Crippen molar-refractivity contribution in [1.29, 1.82) is 0 Å². The van der Waals surface area contributed by atoms with Crippen molar-refractivity contribution in [3.63, 3.8) is 0 Å². The standard InChI is InChI=1S/C19H13NO3S/c21-19(12-5-7-16(8-6-12)20(22)23)18-11-15-9-13-3-1-2-4-14(13)10-17(15)24-18/h1-11,19,21H/t19-/m1/s1. The number of thiophene rings is 1. The molecule has 0 bridgehead atoms. The quantitative estimate of drug-likeness (QED) is 0.421. The maximum Gasteiger partial charge on any atom is 0.269 e. The Morgan fingerprint density at radius 2 is 1.58 bits per heavy atom. The third-order valence-electron chi connectivity index (χ3n) is 4.09. The Morgan fingerprint density at radius 3 is 2.25 bits per heavy atom. The lowest BCUT2D eigenvalue weighted by Crippen LogP contribution is -1.97. The summed E-state index contributed by atoms with van der Waals surface area (Å²) in [7, 11) is 0. The lowest BCUT2D eigenvalue weighted by molar-refractivity contribution is -0.384. The van der Waals surface area contributed by atoms with Gasteiger partial charge in [0.15, 0.2) is 0 Å². The minimum absolute atomic E-state index is 0.0218. The highest BCUT2D eigenvalue weighted by Crippen LogP contribution is 2.35. The Labute approximate surface area is 141 Å². The van der Waals surface area contributed by atoms with Crippen molar-refractivity contribution < 1.29 is 10.0 Å². The van der Waals surface area contributed by atoms with Gasteiger partial charge >= 0.3 is 0 Å². The van der Waals surface area contributed by atoms with E-state index in [4.69, 9.17) is 0 Å². The highest BCUT2D eigenvalue weighted by molar-refractivity contribution is 7.19. The van der Waals surface area contributed by atoms with Crippen LogP contribution in [0.25, 0.3) is 20.9 Å². The summed E-state index contributed by atoms with van der Waals surface area (Å²) in [6.45, 7) is 0. The average Bonchev–Trinajstić information content (AvgIpc) is 3.01. The second-order valence-corrected chi connectivity index (χ2v) is 6.75. The van der Waals surface area contributed by atoms with Crippen molar-refractivity contribution in [3.8, 4) is 0 Å². The molecule has 4 rings (SSSR count). The van der Waals surface area contributed by atoms with Crippen LogP contribution in [0.1, 0.15) is 16.5 Å². The third-order valence-corrected chi connectivity index (χ3v) is 5.24. The fourth-order valence-corrected chi connectivity index (χ4v) is 3.93. The molecule has 0 aliphatic rings. The average molecular weight is 335 g/mol. The zero-order valence-corrected chi connectivity index (χ0v) is 13.4. The van der Waals surface area contributed by atoms with Crippen LogP contribution >= 0.6 is 11.3 Å². The van der Waals surface area contributed by atoms with E-state index < -0.39 is 11.0 Å². The Hall–Kier alpha value is -2.76. The number of hydrogen-bond donors (Lipinski definition) is 1. The van der Waals surface area contributed by atoms with E-state index in [1.54, 1.807) is 23.5 Å². The zero-order valence-electron chi connectivity index (χ0n) is 12.5. The molecule has 0 saturated heterocycles. The lowest BCUT2D eigenvalue weighted by Gasteiger charge is -2.08.